The molecule has 0 amide bonds. The summed E-state index contributed by atoms with van der Waals surface area (Å²) in [6, 6.07) is 0. The summed E-state index contributed by atoms with van der Waals surface area (Å²) in [4.78, 5) is 0. The normalized spacial score (nSPS) is 11.2. The summed E-state index contributed by atoms with van der Waals surface area (Å²) in [5.41, 5.74) is 0. The molecule has 0 fully saturated rings. The summed E-state index contributed by atoms with van der Waals surface area (Å²) in [6.45, 7) is 1.33. The quantitative estimate of drug-likeness (QED) is 0.166. The molecule has 8 nitrogen and oxygen atoms in total. The molecular formula is C8H17NaO8S. The van der Waals surface area contributed by atoms with E-state index in [1.54, 1.807) is 0 Å². The van der Waals surface area contributed by atoms with Crippen LogP contribution in [-0.4, -0.2) is 70.9 Å². The average Bonchev–Trinajstić information content (AvgIpc) is 2.24. The first-order chi connectivity index (χ1) is 8.06. The van der Waals surface area contributed by atoms with Gasteiger partial charge in [-0.3, -0.25) is 4.18 Å². The van der Waals surface area contributed by atoms with Gasteiger partial charge in [-0.15, -0.1) is 0 Å². The van der Waals surface area contributed by atoms with E-state index in [9.17, 15) is 13.0 Å². The van der Waals surface area contributed by atoms with Gasteiger partial charge in [-0.1, -0.05) is 0 Å². The molecule has 104 valence electrons. The van der Waals surface area contributed by atoms with Crippen LogP contribution in [-0.2, 0) is 28.8 Å². The fourth-order valence-corrected chi connectivity index (χ4v) is 1.07. The second-order valence-electron chi connectivity index (χ2n) is 2.79. The van der Waals surface area contributed by atoms with Gasteiger partial charge in [0, 0.05) is 0 Å². The monoisotopic (exact) mass is 296 g/mol. The topological polar surface area (TPSA) is 114 Å². The number of aliphatic hydroxyl groups excluding tert-OH is 1. The van der Waals surface area contributed by atoms with Crippen LogP contribution in [0.1, 0.15) is 0 Å². The van der Waals surface area contributed by atoms with Crippen LogP contribution >= 0.6 is 0 Å². The van der Waals surface area contributed by atoms with Crippen molar-refractivity contribution in [1.29, 1.82) is 0 Å². The van der Waals surface area contributed by atoms with Crippen molar-refractivity contribution in [3.8, 4) is 0 Å². The third-order valence-electron chi connectivity index (χ3n) is 1.43. The predicted molar refractivity (Wildman–Crippen MR) is 55.2 cm³/mol. The van der Waals surface area contributed by atoms with Gasteiger partial charge < -0.3 is 23.9 Å². The van der Waals surface area contributed by atoms with E-state index in [4.69, 9.17) is 19.3 Å². The molecule has 0 aliphatic carbocycles. The first-order valence-corrected chi connectivity index (χ1v) is 6.34. The molecule has 18 heavy (non-hydrogen) atoms. The molecule has 0 bridgehead atoms. The van der Waals surface area contributed by atoms with E-state index in [-0.39, 0.29) is 62.6 Å². The number of ether oxygens (including phenoxy) is 3. The molecule has 10 heteroatoms. The van der Waals surface area contributed by atoms with Gasteiger partial charge >= 0.3 is 29.6 Å². The SMILES string of the molecule is O=S(=O)([O-])OCCOCCOCCOCCO.[Na+]. The average molecular weight is 296 g/mol. The van der Waals surface area contributed by atoms with Crippen LogP contribution in [0.5, 0.6) is 0 Å². The van der Waals surface area contributed by atoms with E-state index in [0.717, 1.165) is 0 Å². The maximum Gasteiger partial charge on any atom is 1.00 e. The molecule has 0 heterocycles. The Morgan fingerprint density at radius 1 is 0.833 bits per heavy atom. The van der Waals surface area contributed by atoms with Crippen molar-refractivity contribution in [2.24, 2.45) is 0 Å². The van der Waals surface area contributed by atoms with Crippen LogP contribution in [0.2, 0.25) is 0 Å². The van der Waals surface area contributed by atoms with Crippen molar-refractivity contribution in [1.82, 2.24) is 0 Å². The van der Waals surface area contributed by atoms with Crippen molar-refractivity contribution in [3.05, 3.63) is 0 Å². The summed E-state index contributed by atoms with van der Waals surface area (Å²) >= 11 is 0. The molecule has 0 rings (SSSR count). The van der Waals surface area contributed by atoms with Crippen molar-refractivity contribution >= 4 is 10.4 Å². The Hall–Kier alpha value is 0.710. The van der Waals surface area contributed by atoms with E-state index >= 15 is 0 Å². The van der Waals surface area contributed by atoms with E-state index in [1.807, 2.05) is 0 Å². The second-order valence-corrected chi connectivity index (χ2v) is 3.84. The number of hydrogen-bond donors (Lipinski definition) is 1. The molecule has 0 radical (unpaired) electrons. The Labute approximate surface area is 129 Å². The summed E-state index contributed by atoms with van der Waals surface area (Å²) < 4.78 is 48.8. The first-order valence-electron chi connectivity index (χ1n) is 5.00. The number of aliphatic hydroxyl groups is 1. The van der Waals surface area contributed by atoms with Gasteiger partial charge in [0.25, 0.3) is 0 Å². The Bertz CT molecular complexity index is 258. The van der Waals surface area contributed by atoms with Crippen molar-refractivity contribution < 1.29 is 66.0 Å². The van der Waals surface area contributed by atoms with E-state index in [0.29, 0.717) is 19.8 Å². The van der Waals surface area contributed by atoms with Crippen molar-refractivity contribution in [2.75, 3.05) is 52.9 Å². The summed E-state index contributed by atoms with van der Waals surface area (Å²) in [7, 11) is -4.63. The van der Waals surface area contributed by atoms with E-state index in [2.05, 4.69) is 4.18 Å². The zero-order valence-electron chi connectivity index (χ0n) is 10.4. The smallest absolute Gasteiger partial charge is 0.726 e. The molecule has 0 spiro atoms. The Morgan fingerprint density at radius 3 is 1.61 bits per heavy atom. The van der Waals surface area contributed by atoms with Crippen molar-refractivity contribution in [3.63, 3.8) is 0 Å². The third-order valence-corrected chi connectivity index (χ3v) is 1.89. The number of hydrogen-bond acceptors (Lipinski definition) is 8. The van der Waals surface area contributed by atoms with Crippen LogP contribution < -0.4 is 29.6 Å². The summed E-state index contributed by atoms with van der Waals surface area (Å²) in [5, 5.41) is 8.38. The first kappa shape index (κ1) is 21.0. The summed E-state index contributed by atoms with van der Waals surface area (Å²) in [5.74, 6) is 0. The molecule has 0 saturated heterocycles. The second kappa shape index (κ2) is 14.1. The molecule has 0 unspecified atom stereocenters. The number of rotatable bonds is 12. The standard InChI is InChI=1S/C8H18O8S.Na/c9-1-2-13-3-4-14-5-6-15-7-8-16-17(10,11)12;/h9H,1-8H2,(H,10,11,12);/q;+1/p-1. The van der Waals surface area contributed by atoms with Crippen molar-refractivity contribution in [2.45, 2.75) is 0 Å². The van der Waals surface area contributed by atoms with Gasteiger partial charge in [0.15, 0.2) is 0 Å². The van der Waals surface area contributed by atoms with Gasteiger partial charge in [0.05, 0.1) is 52.9 Å². The summed E-state index contributed by atoms with van der Waals surface area (Å²) in [6.07, 6.45) is 0. The molecule has 0 atom stereocenters. The Balaban J connectivity index is 0. The maximum absolute atomic E-state index is 10.0. The Morgan fingerprint density at radius 2 is 1.22 bits per heavy atom. The molecule has 0 aromatic carbocycles. The van der Waals surface area contributed by atoms with Gasteiger partial charge in [-0.05, 0) is 0 Å². The van der Waals surface area contributed by atoms with Gasteiger partial charge in [-0.25, -0.2) is 8.42 Å². The molecule has 0 aromatic rings. The zero-order chi connectivity index (χ0) is 13.0. The minimum absolute atomic E-state index is 0. The van der Waals surface area contributed by atoms with Crippen LogP contribution in [0.4, 0.5) is 0 Å². The molecule has 0 aliphatic rings. The molecule has 1 N–H and O–H groups in total. The van der Waals surface area contributed by atoms with Crippen LogP contribution in [0, 0.1) is 0 Å². The fourth-order valence-electron chi connectivity index (χ4n) is 0.801. The van der Waals surface area contributed by atoms with Crippen LogP contribution in [0.25, 0.3) is 0 Å². The van der Waals surface area contributed by atoms with Gasteiger partial charge in [0.1, 0.15) is 0 Å². The van der Waals surface area contributed by atoms with E-state index < -0.39 is 10.4 Å². The largest absolute Gasteiger partial charge is 1.00 e. The molecule has 0 aromatic heterocycles. The third kappa shape index (κ3) is 19.1. The minimum Gasteiger partial charge on any atom is -0.726 e. The van der Waals surface area contributed by atoms with E-state index in [1.165, 1.54) is 0 Å². The van der Waals surface area contributed by atoms with Gasteiger partial charge in [0.2, 0.25) is 10.4 Å². The van der Waals surface area contributed by atoms with Crippen LogP contribution in [0.3, 0.4) is 0 Å². The predicted octanol–water partition coefficient (Wildman–Crippen LogP) is -4.49. The van der Waals surface area contributed by atoms with Gasteiger partial charge in [-0.2, -0.15) is 0 Å². The zero-order valence-corrected chi connectivity index (χ0v) is 13.2. The minimum atomic E-state index is -4.63. The maximum atomic E-state index is 10.0. The molecular weight excluding hydrogens is 279 g/mol. The molecule has 0 aliphatic heterocycles. The Kier molecular flexibility index (Phi) is 16.5. The molecule has 0 saturated carbocycles. The van der Waals surface area contributed by atoms with Crippen LogP contribution in [0.15, 0.2) is 0 Å². The fraction of sp³-hybridized carbons (Fsp3) is 1.00.